The van der Waals surface area contributed by atoms with E-state index >= 15 is 0 Å². The van der Waals surface area contributed by atoms with Crippen molar-refractivity contribution in [2.45, 2.75) is 39.2 Å². The van der Waals surface area contributed by atoms with Crippen LogP contribution in [-0.2, 0) is 6.54 Å². The number of halogens is 2. The molecule has 0 aliphatic heterocycles. The third-order valence-electron chi connectivity index (χ3n) is 3.01. The standard InChI is InChI=1S/C15H24ClN3O.HI/c1-3-4-5-6-9-18-15(17)19-11-12-7-8-13(16)10-14(12)20-2;/h7-8,10H,3-6,9,11H2,1-2H3,(H3,17,18,19);1H. The van der Waals surface area contributed by atoms with Gasteiger partial charge in [0.1, 0.15) is 5.75 Å². The maximum absolute atomic E-state index is 5.92. The Morgan fingerprint density at radius 3 is 2.76 bits per heavy atom. The SMILES string of the molecule is CCCCCCNC(N)=NCc1ccc(Cl)cc1OC.I. The molecule has 3 N–H and O–H groups in total. The van der Waals surface area contributed by atoms with Gasteiger partial charge in [0.15, 0.2) is 5.96 Å². The van der Waals surface area contributed by atoms with Crippen molar-refractivity contribution in [3.8, 4) is 5.75 Å². The number of hydrogen-bond donors (Lipinski definition) is 2. The third kappa shape index (κ3) is 8.36. The molecular formula is C15H25ClIN3O. The molecular weight excluding hydrogens is 401 g/mol. The zero-order valence-corrected chi connectivity index (χ0v) is 15.8. The molecule has 0 bridgehead atoms. The van der Waals surface area contributed by atoms with Gasteiger partial charge >= 0.3 is 0 Å². The van der Waals surface area contributed by atoms with Crippen LogP contribution in [0.15, 0.2) is 23.2 Å². The summed E-state index contributed by atoms with van der Waals surface area (Å²) in [5.74, 6) is 1.20. The second-order valence-electron chi connectivity index (χ2n) is 4.65. The molecule has 0 heterocycles. The molecule has 0 saturated carbocycles. The summed E-state index contributed by atoms with van der Waals surface area (Å²) in [5, 5.41) is 3.77. The normalized spacial score (nSPS) is 10.9. The van der Waals surface area contributed by atoms with Crippen LogP contribution in [0, 0.1) is 0 Å². The Bertz CT molecular complexity index is 441. The lowest BCUT2D eigenvalue weighted by atomic mass is 10.2. The number of hydrogen-bond acceptors (Lipinski definition) is 2. The average Bonchev–Trinajstić information content (AvgIpc) is 2.45. The minimum absolute atomic E-state index is 0. The highest BCUT2D eigenvalue weighted by molar-refractivity contribution is 14.0. The largest absolute Gasteiger partial charge is 0.496 e. The summed E-state index contributed by atoms with van der Waals surface area (Å²) in [6.45, 7) is 3.55. The predicted octanol–water partition coefficient (Wildman–Crippen LogP) is 3.95. The van der Waals surface area contributed by atoms with Crippen molar-refractivity contribution in [3.05, 3.63) is 28.8 Å². The second-order valence-corrected chi connectivity index (χ2v) is 5.08. The van der Waals surface area contributed by atoms with Crippen LogP contribution in [0.1, 0.15) is 38.2 Å². The number of nitrogens with zero attached hydrogens (tertiary/aromatic N) is 1. The smallest absolute Gasteiger partial charge is 0.188 e. The van der Waals surface area contributed by atoms with Gasteiger partial charge < -0.3 is 15.8 Å². The van der Waals surface area contributed by atoms with Gasteiger partial charge in [-0.15, -0.1) is 24.0 Å². The van der Waals surface area contributed by atoms with Gasteiger partial charge in [0.05, 0.1) is 13.7 Å². The average molecular weight is 426 g/mol. The van der Waals surface area contributed by atoms with Crippen molar-refractivity contribution in [3.63, 3.8) is 0 Å². The number of ether oxygens (including phenoxy) is 1. The van der Waals surface area contributed by atoms with Gasteiger partial charge in [-0.3, -0.25) is 0 Å². The van der Waals surface area contributed by atoms with Crippen LogP contribution >= 0.6 is 35.6 Å². The van der Waals surface area contributed by atoms with Crippen LogP contribution in [0.2, 0.25) is 5.02 Å². The molecule has 0 aliphatic carbocycles. The lowest BCUT2D eigenvalue weighted by Crippen LogP contribution is -2.32. The van der Waals surface area contributed by atoms with Gasteiger partial charge in [-0.05, 0) is 18.6 Å². The van der Waals surface area contributed by atoms with Crippen molar-refractivity contribution < 1.29 is 4.74 Å². The summed E-state index contributed by atoms with van der Waals surface area (Å²) in [6.07, 6.45) is 4.84. The second kappa shape index (κ2) is 11.9. The van der Waals surface area contributed by atoms with Crippen molar-refractivity contribution >= 4 is 41.5 Å². The Hall–Kier alpha value is -0.690. The molecule has 0 radical (unpaired) electrons. The van der Waals surface area contributed by atoms with E-state index in [2.05, 4.69) is 17.2 Å². The molecule has 1 aromatic rings. The number of nitrogens with two attached hydrogens (primary N) is 1. The molecule has 4 nitrogen and oxygen atoms in total. The first-order valence-electron chi connectivity index (χ1n) is 7.03. The van der Waals surface area contributed by atoms with Crippen LogP contribution in [0.25, 0.3) is 0 Å². The molecule has 0 unspecified atom stereocenters. The first kappa shape index (κ1) is 20.3. The highest BCUT2D eigenvalue weighted by Gasteiger charge is 2.03. The van der Waals surface area contributed by atoms with E-state index in [9.17, 15) is 0 Å². The molecule has 0 spiro atoms. The zero-order chi connectivity index (χ0) is 14.8. The molecule has 0 fully saturated rings. The first-order chi connectivity index (χ1) is 9.67. The van der Waals surface area contributed by atoms with E-state index in [1.54, 1.807) is 13.2 Å². The van der Waals surface area contributed by atoms with E-state index < -0.39 is 0 Å². The quantitative estimate of drug-likeness (QED) is 0.287. The topological polar surface area (TPSA) is 59.6 Å². The summed E-state index contributed by atoms with van der Waals surface area (Å²) < 4.78 is 5.27. The maximum atomic E-state index is 5.92. The number of nitrogens with one attached hydrogen (secondary N) is 1. The number of guanidine groups is 1. The highest BCUT2D eigenvalue weighted by atomic mass is 127. The molecule has 0 atom stereocenters. The predicted molar refractivity (Wildman–Crippen MR) is 101 cm³/mol. The number of aliphatic imine (C=N–C) groups is 1. The van der Waals surface area contributed by atoms with Crippen LogP contribution < -0.4 is 15.8 Å². The van der Waals surface area contributed by atoms with Crippen LogP contribution in [0.5, 0.6) is 5.75 Å². The van der Waals surface area contributed by atoms with E-state index in [-0.39, 0.29) is 24.0 Å². The van der Waals surface area contributed by atoms with Gasteiger partial charge in [-0.1, -0.05) is 43.9 Å². The number of benzene rings is 1. The van der Waals surface area contributed by atoms with E-state index in [1.807, 2.05) is 12.1 Å². The Kier molecular flexibility index (Phi) is 11.5. The Balaban J connectivity index is 0.00000400. The Morgan fingerprint density at radius 2 is 2.10 bits per heavy atom. The minimum Gasteiger partial charge on any atom is -0.496 e. The summed E-state index contributed by atoms with van der Waals surface area (Å²) in [7, 11) is 1.62. The molecule has 6 heteroatoms. The summed E-state index contributed by atoms with van der Waals surface area (Å²) in [6, 6.07) is 5.50. The minimum atomic E-state index is 0. The molecule has 0 saturated heterocycles. The van der Waals surface area contributed by atoms with E-state index in [0.717, 1.165) is 24.3 Å². The van der Waals surface area contributed by atoms with Gasteiger partial charge in [0.25, 0.3) is 0 Å². The zero-order valence-electron chi connectivity index (χ0n) is 12.7. The lowest BCUT2D eigenvalue weighted by molar-refractivity contribution is 0.410. The van der Waals surface area contributed by atoms with Crippen molar-refractivity contribution in [2.75, 3.05) is 13.7 Å². The van der Waals surface area contributed by atoms with E-state index in [0.29, 0.717) is 17.5 Å². The molecule has 1 rings (SSSR count). The van der Waals surface area contributed by atoms with Gasteiger partial charge in [0, 0.05) is 17.1 Å². The summed E-state index contributed by atoms with van der Waals surface area (Å²) in [5.41, 5.74) is 6.80. The first-order valence-corrected chi connectivity index (χ1v) is 7.41. The monoisotopic (exact) mass is 425 g/mol. The third-order valence-corrected chi connectivity index (χ3v) is 3.24. The summed E-state index contributed by atoms with van der Waals surface area (Å²) in [4.78, 5) is 4.31. The van der Waals surface area contributed by atoms with Crippen molar-refractivity contribution in [1.29, 1.82) is 0 Å². The fourth-order valence-electron chi connectivity index (χ4n) is 1.84. The Labute approximate surface area is 149 Å². The number of methoxy groups -OCH3 is 1. The van der Waals surface area contributed by atoms with Gasteiger partial charge in [-0.2, -0.15) is 0 Å². The molecule has 120 valence electrons. The molecule has 0 aliphatic rings. The van der Waals surface area contributed by atoms with Crippen LogP contribution in [-0.4, -0.2) is 19.6 Å². The fourth-order valence-corrected chi connectivity index (χ4v) is 2.01. The Morgan fingerprint density at radius 1 is 1.33 bits per heavy atom. The lowest BCUT2D eigenvalue weighted by Gasteiger charge is -2.08. The highest BCUT2D eigenvalue weighted by Crippen LogP contribution is 2.23. The molecule has 1 aromatic carbocycles. The van der Waals surface area contributed by atoms with Crippen LogP contribution in [0.4, 0.5) is 0 Å². The number of rotatable bonds is 8. The fraction of sp³-hybridized carbons (Fsp3) is 0.533. The van der Waals surface area contributed by atoms with E-state index in [4.69, 9.17) is 22.1 Å². The number of unbranched alkanes of at least 4 members (excludes halogenated alkanes) is 3. The van der Waals surface area contributed by atoms with Gasteiger partial charge in [0.2, 0.25) is 0 Å². The van der Waals surface area contributed by atoms with Crippen molar-refractivity contribution in [2.24, 2.45) is 10.7 Å². The van der Waals surface area contributed by atoms with Gasteiger partial charge in [-0.25, -0.2) is 4.99 Å². The maximum Gasteiger partial charge on any atom is 0.188 e. The van der Waals surface area contributed by atoms with Crippen LogP contribution in [0.3, 0.4) is 0 Å². The van der Waals surface area contributed by atoms with Crippen molar-refractivity contribution in [1.82, 2.24) is 5.32 Å². The molecule has 0 amide bonds. The molecule has 0 aromatic heterocycles. The molecule has 21 heavy (non-hydrogen) atoms. The summed E-state index contributed by atoms with van der Waals surface area (Å²) >= 11 is 5.92. The van der Waals surface area contributed by atoms with E-state index in [1.165, 1.54) is 19.3 Å².